The molecule has 7 heteroatoms. The van der Waals surface area contributed by atoms with Crippen molar-refractivity contribution in [2.75, 3.05) is 26.3 Å². The molecule has 1 fully saturated rings. The fraction of sp³-hybridized carbons (Fsp3) is 0.308. The normalized spacial score (nSPS) is 15.2. The summed E-state index contributed by atoms with van der Waals surface area (Å²) >= 11 is 12.6. The summed E-state index contributed by atoms with van der Waals surface area (Å²) in [5.74, 6) is -0.313. The molecular weight excluding hydrogens is 459 g/mol. The van der Waals surface area contributed by atoms with E-state index in [2.05, 4.69) is 10.6 Å². The van der Waals surface area contributed by atoms with Crippen molar-refractivity contribution >= 4 is 45.8 Å². The van der Waals surface area contributed by atoms with Gasteiger partial charge in [0.25, 0.3) is 5.91 Å². The van der Waals surface area contributed by atoms with E-state index in [4.69, 9.17) is 27.9 Å². The van der Waals surface area contributed by atoms with Gasteiger partial charge >= 0.3 is 0 Å². The van der Waals surface area contributed by atoms with Crippen LogP contribution in [0.1, 0.15) is 35.2 Å². The second kappa shape index (κ2) is 10.6. The molecule has 0 bridgehead atoms. The maximum absolute atomic E-state index is 12.5. The summed E-state index contributed by atoms with van der Waals surface area (Å²) in [6, 6.07) is 18.9. The van der Waals surface area contributed by atoms with Gasteiger partial charge in [-0.2, -0.15) is 0 Å². The van der Waals surface area contributed by atoms with Crippen LogP contribution in [0, 0.1) is 0 Å². The Kier molecular flexibility index (Phi) is 7.53. The van der Waals surface area contributed by atoms with Crippen molar-refractivity contribution in [3.05, 3.63) is 81.8 Å². The van der Waals surface area contributed by atoms with Gasteiger partial charge in [-0.15, -0.1) is 0 Å². The molecule has 0 radical (unpaired) electrons. The van der Waals surface area contributed by atoms with E-state index in [9.17, 15) is 9.59 Å². The molecule has 0 saturated carbocycles. The van der Waals surface area contributed by atoms with Gasteiger partial charge in [0, 0.05) is 53.7 Å². The van der Waals surface area contributed by atoms with Gasteiger partial charge in [-0.05, 0) is 53.4 Å². The zero-order valence-corrected chi connectivity index (χ0v) is 19.7. The van der Waals surface area contributed by atoms with Crippen LogP contribution in [-0.2, 0) is 14.9 Å². The smallest absolute Gasteiger partial charge is 0.251 e. The summed E-state index contributed by atoms with van der Waals surface area (Å²) in [6.45, 7) is 1.93. The monoisotopic (exact) mass is 484 g/mol. The number of nitrogens with one attached hydrogen (secondary N) is 2. The topological polar surface area (TPSA) is 67.4 Å². The Morgan fingerprint density at radius 2 is 1.67 bits per heavy atom. The Hall–Kier alpha value is -2.60. The summed E-state index contributed by atoms with van der Waals surface area (Å²) in [5, 5.41) is 9.13. The van der Waals surface area contributed by atoms with Crippen LogP contribution in [0.2, 0.25) is 10.0 Å². The van der Waals surface area contributed by atoms with Crippen LogP contribution in [0.4, 0.5) is 0 Å². The lowest BCUT2D eigenvalue weighted by Gasteiger charge is -2.38. The van der Waals surface area contributed by atoms with Crippen LogP contribution < -0.4 is 10.6 Å². The minimum atomic E-state index is -0.302. The van der Waals surface area contributed by atoms with Gasteiger partial charge in [-0.25, -0.2) is 0 Å². The molecule has 2 amide bonds. The average molecular weight is 485 g/mol. The minimum absolute atomic E-state index is 0.121. The number of carbonyl (C=O) groups excluding carboxylic acids is 2. The van der Waals surface area contributed by atoms with Crippen molar-refractivity contribution in [2.45, 2.75) is 24.7 Å². The van der Waals surface area contributed by atoms with Gasteiger partial charge in [0.1, 0.15) is 0 Å². The number of rotatable bonds is 7. The molecule has 4 rings (SSSR count). The second-order valence-electron chi connectivity index (χ2n) is 8.36. The molecule has 0 spiro atoms. The molecule has 0 atom stereocenters. The zero-order chi connectivity index (χ0) is 23.3. The highest BCUT2D eigenvalue weighted by molar-refractivity contribution is 6.35. The lowest BCUT2D eigenvalue weighted by atomic mass is 9.74. The number of fused-ring (bicyclic) bond motifs is 1. The van der Waals surface area contributed by atoms with E-state index in [-0.39, 0.29) is 30.2 Å². The molecule has 1 aliphatic rings. The first-order chi connectivity index (χ1) is 16.0. The Morgan fingerprint density at radius 3 is 2.42 bits per heavy atom. The van der Waals surface area contributed by atoms with Gasteiger partial charge in [0.2, 0.25) is 5.91 Å². The first-order valence-corrected chi connectivity index (χ1v) is 11.8. The van der Waals surface area contributed by atoms with Crippen molar-refractivity contribution in [3.63, 3.8) is 0 Å². The minimum Gasteiger partial charge on any atom is -0.381 e. The SMILES string of the molecule is O=C(CCNC(=O)c1ccc2ccccc2c1)NCC1(c2ccc(Cl)cc2Cl)CCOCC1. The van der Waals surface area contributed by atoms with Crippen LogP contribution >= 0.6 is 23.2 Å². The fourth-order valence-corrected chi connectivity index (χ4v) is 4.91. The molecule has 3 aromatic rings. The average Bonchev–Trinajstić information content (AvgIpc) is 2.83. The number of amides is 2. The highest BCUT2D eigenvalue weighted by Gasteiger charge is 2.36. The van der Waals surface area contributed by atoms with E-state index in [1.54, 1.807) is 12.1 Å². The number of halogens is 2. The molecule has 2 N–H and O–H groups in total. The standard InChI is InChI=1S/C26H26Cl2N2O3/c27-21-7-8-22(23(28)16-21)26(10-13-33-14-11-26)17-30-24(31)9-12-29-25(32)20-6-5-18-3-1-2-4-19(18)15-20/h1-8,15-16H,9-14,17H2,(H,29,32)(H,30,31). The quantitative estimate of drug-likeness (QED) is 0.488. The fourth-order valence-electron chi connectivity index (χ4n) is 4.30. The molecule has 0 aromatic heterocycles. The summed E-state index contributed by atoms with van der Waals surface area (Å²) in [5.41, 5.74) is 1.25. The van der Waals surface area contributed by atoms with Crippen molar-refractivity contribution < 1.29 is 14.3 Å². The predicted octanol–water partition coefficient (Wildman–Crippen LogP) is 5.13. The first-order valence-electron chi connectivity index (χ1n) is 11.0. The third-order valence-electron chi connectivity index (χ3n) is 6.23. The van der Waals surface area contributed by atoms with E-state index in [1.807, 2.05) is 48.5 Å². The number of hydrogen-bond acceptors (Lipinski definition) is 3. The summed E-state index contributed by atoms with van der Waals surface area (Å²) in [6.07, 6.45) is 1.71. The number of carbonyl (C=O) groups is 2. The molecular formula is C26H26Cl2N2O3. The Morgan fingerprint density at radius 1 is 0.909 bits per heavy atom. The van der Waals surface area contributed by atoms with Crippen LogP contribution in [0.25, 0.3) is 10.8 Å². The molecule has 3 aromatic carbocycles. The molecule has 1 heterocycles. The summed E-state index contributed by atoms with van der Waals surface area (Å²) in [7, 11) is 0. The Balaban J connectivity index is 1.32. The summed E-state index contributed by atoms with van der Waals surface area (Å²) < 4.78 is 5.55. The molecule has 33 heavy (non-hydrogen) atoms. The highest BCUT2D eigenvalue weighted by Crippen LogP contribution is 2.39. The molecule has 0 aliphatic carbocycles. The lowest BCUT2D eigenvalue weighted by Crippen LogP contribution is -2.45. The van der Waals surface area contributed by atoms with Crippen LogP contribution in [0.5, 0.6) is 0 Å². The molecule has 0 unspecified atom stereocenters. The molecule has 172 valence electrons. The Bertz CT molecular complexity index is 1160. The highest BCUT2D eigenvalue weighted by atomic mass is 35.5. The number of benzene rings is 3. The molecule has 1 saturated heterocycles. The van der Waals surface area contributed by atoms with E-state index in [0.717, 1.165) is 29.2 Å². The van der Waals surface area contributed by atoms with Gasteiger partial charge < -0.3 is 15.4 Å². The second-order valence-corrected chi connectivity index (χ2v) is 9.21. The van der Waals surface area contributed by atoms with Crippen molar-refractivity contribution in [3.8, 4) is 0 Å². The van der Waals surface area contributed by atoms with E-state index < -0.39 is 0 Å². The van der Waals surface area contributed by atoms with Crippen molar-refractivity contribution in [1.29, 1.82) is 0 Å². The van der Waals surface area contributed by atoms with Crippen LogP contribution in [0.3, 0.4) is 0 Å². The first kappa shape index (κ1) is 23.6. The lowest BCUT2D eigenvalue weighted by molar-refractivity contribution is -0.121. The third-order valence-corrected chi connectivity index (χ3v) is 6.77. The predicted molar refractivity (Wildman–Crippen MR) is 132 cm³/mol. The third kappa shape index (κ3) is 5.67. The van der Waals surface area contributed by atoms with Crippen LogP contribution in [0.15, 0.2) is 60.7 Å². The largest absolute Gasteiger partial charge is 0.381 e. The molecule has 1 aliphatic heterocycles. The van der Waals surface area contributed by atoms with E-state index in [0.29, 0.717) is 35.4 Å². The van der Waals surface area contributed by atoms with Crippen molar-refractivity contribution in [2.24, 2.45) is 0 Å². The van der Waals surface area contributed by atoms with E-state index >= 15 is 0 Å². The van der Waals surface area contributed by atoms with Gasteiger partial charge in [-0.1, -0.05) is 59.6 Å². The zero-order valence-electron chi connectivity index (χ0n) is 18.2. The van der Waals surface area contributed by atoms with E-state index in [1.165, 1.54) is 0 Å². The Labute approximate surface area is 203 Å². The summed E-state index contributed by atoms with van der Waals surface area (Å²) in [4.78, 5) is 25.0. The maximum atomic E-state index is 12.5. The van der Waals surface area contributed by atoms with Crippen LogP contribution in [-0.4, -0.2) is 38.1 Å². The molecule has 5 nitrogen and oxygen atoms in total. The van der Waals surface area contributed by atoms with Gasteiger partial charge in [-0.3, -0.25) is 9.59 Å². The van der Waals surface area contributed by atoms with Gasteiger partial charge in [0.05, 0.1) is 0 Å². The van der Waals surface area contributed by atoms with Gasteiger partial charge in [0.15, 0.2) is 0 Å². The number of ether oxygens (including phenoxy) is 1. The van der Waals surface area contributed by atoms with Crippen molar-refractivity contribution in [1.82, 2.24) is 10.6 Å². The maximum Gasteiger partial charge on any atom is 0.251 e. The number of hydrogen-bond donors (Lipinski definition) is 2.